The summed E-state index contributed by atoms with van der Waals surface area (Å²) in [5.41, 5.74) is 0.519. The van der Waals surface area contributed by atoms with Crippen molar-refractivity contribution in [2.75, 3.05) is 19.7 Å². The smallest absolute Gasteiger partial charge is 0.154 e. The van der Waals surface area contributed by atoms with Crippen molar-refractivity contribution in [1.82, 2.24) is 5.01 Å². The summed E-state index contributed by atoms with van der Waals surface area (Å²) in [6, 6.07) is 7.07. The number of ether oxygens (including phenoxy) is 1. The van der Waals surface area contributed by atoms with Crippen LogP contribution >= 0.6 is 0 Å². The van der Waals surface area contributed by atoms with E-state index in [1.165, 1.54) is 0 Å². The van der Waals surface area contributed by atoms with Crippen LogP contribution in [0.15, 0.2) is 29.5 Å². The fraction of sp³-hybridized carbons (Fsp3) is 0.600. The molecule has 0 aromatic heterocycles. The van der Waals surface area contributed by atoms with Crippen molar-refractivity contribution in [1.29, 1.82) is 0 Å². The molecule has 0 radical (unpaired) electrons. The second-order valence-electron chi connectivity index (χ2n) is 4.66. The Hall–Kier alpha value is -1.78. The summed E-state index contributed by atoms with van der Waals surface area (Å²) in [5, 5.41) is 17.9. The maximum Gasteiger partial charge on any atom is 0.154 e. The molecule has 1 aromatic carbocycles. The maximum absolute atomic E-state index is 12.0. The lowest BCUT2D eigenvalue weighted by Crippen LogP contribution is -2.21. The number of nitrogens with zero attached hydrogens (tertiary/aromatic N) is 3. The lowest BCUT2D eigenvalue weighted by molar-refractivity contribution is -0.461. The number of benzene rings is 1. The summed E-state index contributed by atoms with van der Waals surface area (Å²) in [7, 11) is 0. The molecule has 112 valence electrons. The topological polar surface area (TPSA) is 50.9 Å². The first-order chi connectivity index (χ1) is 9.71. The Labute approximate surface area is 121 Å². The van der Waals surface area contributed by atoms with Gasteiger partial charge in [-0.1, -0.05) is 20.8 Å². The molecule has 0 amide bonds. The van der Waals surface area contributed by atoms with E-state index >= 15 is 0 Å². The minimum atomic E-state index is 0.519. The van der Waals surface area contributed by atoms with Gasteiger partial charge in [0.05, 0.1) is 11.8 Å². The Balaban J connectivity index is 2.71. The summed E-state index contributed by atoms with van der Waals surface area (Å²) >= 11 is 0. The minimum absolute atomic E-state index is 0.519. The third-order valence-corrected chi connectivity index (χ3v) is 2.70. The Bertz CT molecular complexity index is 398. The fourth-order valence-corrected chi connectivity index (χ4v) is 1.77. The molecule has 0 heterocycles. The predicted octanol–water partition coefficient (Wildman–Crippen LogP) is 4.11. The zero-order chi connectivity index (χ0) is 14.8. The zero-order valence-corrected chi connectivity index (χ0v) is 12.7. The van der Waals surface area contributed by atoms with Crippen molar-refractivity contribution in [3.8, 4) is 5.75 Å². The van der Waals surface area contributed by atoms with Crippen molar-refractivity contribution < 1.29 is 9.60 Å². The Morgan fingerprint density at radius 3 is 2.15 bits per heavy atom. The molecule has 5 nitrogen and oxygen atoms in total. The molecule has 0 saturated heterocycles. The van der Waals surface area contributed by atoms with Gasteiger partial charge in [-0.15, -0.1) is 4.86 Å². The number of rotatable bonds is 9. The lowest BCUT2D eigenvalue weighted by atomic mass is 10.3. The second-order valence-corrected chi connectivity index (χ2v) is 4.66. The molecule has 0 fully saturated rings. The van der Waals surface area contributed by atoms with Crippen LogP contribution in [0.4, 0.5) is 5.69 Å². The van der Waals surface area contributed by atoms with Gasteiger partial charge in [-0.3, -0.25) is 0 Å². The summed E-state index contributed by atoms with van der Waals surface area (Å²) in [6.07, 6.45) is 2.91. The first-order valence-electron chi connectivity index (χ1n) is 7.37. The van der Waals surface area contributed by atoms with Crippen molar-refractivity contribution in [3.05, 3.63) is 29.5 Å². The van der Waals surface area contributed by atoms with E-state index in [-0.39, 0.29) is 0 Å². The van der Waals surface area contributed by atoms with Gasteiger partial charge in [-0.2, -0.15) is 5.01 Å². The quantitative estimate of drug-likeness (QED) is 0.388. The average molecular weight is 279 g/mol. The molecule has 0 aliphatic rings. The van der Waals surface area contributed by atoms with Gasteiger partial charge in [0.25, 0.3) is 0 Å². The van der Waals surface area contributed by atoms with Gasteiger partial charge in [0.2, 0.25) is 0 Å². The highest BCUT2D eigenvalue weighted by Gasteiger charge is 2.07. The molecule has 1 rings (SSSR count). The fourth-order valence-electron chi connectivity index (χ4n) is 1.77. The van der Waals surface area contributed by atoms with Gasteiger partial charge in [0.15, 0.2) is 5.69 Å². The molecule has 0 saturated carbocycles. The summed E-state index contributed by atoms with van der Waals surface area (Å²) in [5.74, 6) is 0.781. The summed E-state index contributed by atoms with van der Waals surface area (Å²) in [6.45, 7) is 8.49. The van der Waals surface area contributed by atoms with Crippen LogP contribution < -0.4 is 4.74 Å². The number of hydrogen-bond donors (Lipinski definition) is 0. The molecular formula is C15H25N3O2. The number of hydrogen-bond acceptors (Lipinski definition) is 3. The van der Waals surface area contributed by atoms with Gasteiger partial charge in [0, 0.05) is 0 Å². The SMILES string of the molecule is CCCOc1ccc([N+]([O-])=NN(CCC)CCC)cc1. The van der Waals surface area contributed by atoms with Crippen LogP contribution in [-0.2, 0) is 0 Å². The zero-order valence-electron chi connectivity index (χ0n) is 12.7. The molecule has 0 aliphatic heterocycles. The van der Waals surface area contributed by atoms with E-state index < -0.39 is 0 Å². The van der Waals surface area contributed by atoms with Crippen LogP contribution in [0.5, 0.6) is 5.75 Å². The highest BCUT2D eigenvalue weighted by atomic mass is 16.5. The van der Waals surface area contributed by atoms with E-state index in [2.05, 4.69) is 26.0 Å². The van der Waals surface area contributed by atoms with Gasteiger partial charge >= 0.3 is 0 Å². The summed E-state index contributed by atoms with van der Waals surface area (Å²) in [4.78, 5) is 0.676. The first-order valence-corrected chi connectivity index (χ1v) is 7.37. The van der Waals surface area contributed by atoms with Crippen LogP contribution in [0.1, 0.15) is 40.0 Å². The maximum atomic E-state index is 12.0. The third-order valence-electron chi connectivity index (χ3n) is 2.70. The van der Waals surface area contributed by atoms with Crippen LogP contribution in [0.25, 0.3) is 0 Å². The molecule has 5 heteroatoms. The average Bonchev–Trinajstić information content (AvgIpc) is 2.46. The van der Waals surface area contributed by atoms with Crippen molar-refractivity contribution >= 4 is 5.69 Å². The van der Waals surface area contributed by atoms with E-state index in [9.17, 15) is 5.21 Å². The predicted molar refractivity (Wildman–Crippen MR) is 80.1 cm³/mol. The molecule has 0 bridgehead atoms. The Morgan fingerprint density at radius 2 is 1.65 bits per heavy atom. The van der Waals surface area contributed by atoms with Crippen LogP contribution in [-0.4, -0.2) is 29.6 Å². The van der Waals surface area contributed by atoms with Gasteiger partial charge in [0.1, 0.15) is 18.8 Å². The lowest BCUT2D eigenvalue weighted by Gasteiger charge is -2.13. The monoisotopic (exact) mass is 279 g/mol. The Morgan fingerprint density at radius 1 is 1.05 bits per heavy atom. The molecular weight excluding hydrogens is 254 g/mol. The molecule has 0 unspecified atom stereocenters. The standard InChI is InChI=1S/C15H25N3O2/c1-4-11-17(12-5-2)16-18(19)14-7-9-15(10-8-14)20-13-6-3/h7-10H,4-6,11-13H2,1-3H3. The van der Waals surface area contributed by atoms with Crippen molar-refractivity contribution in [3.63, 3.8) is 0 Å². The normalized spacial score (nSPS) is 11.4. The second kappa shape index (κ2) is 9.18. The van der Waals surface area contributed by atoms with Gasteiger partial charge < -0.3 is 9.94 Å². The molecule has 0 N–H and O–H groups in total. The highest BCUT2D eigenvalue weighted by Crippen LogP contribution is 2.18. The van der Waals surface area contributed by atoms with E-state index in [0.29, 0.717) is 17.2 Å². The van der Waals surface area contributed by atoms with E-state index in [1.807, 2.05) is 5.01 Å². The molecule has 1 aromatic rings. The van der Waals surface area contributed by atoms with Crippen LogP contribution in [0, 0.1) is 5.21 Å². The molecule has 20 heavy (non-hydrogen) atoms. The third kappa shape index (κ3) is 5.47. The molecule has 0 atom stereocenters. The summed E-state index contributed by atoms with van der Waals surface area (Å²) < 4.78 is 5.49. The largest absolute Gasteiger partial charge is 0.691 e. The van der Waals surface area contributed by atoms with Gasteiger partial charge in [-0.05, 0) is 43.5 Å². The molecule has 0 aliphatic carbocycles. The first kappa shape index (κ1) is 16.3. The van der Waals surface area contributed by atoms with Crippen molar-refractivity contribution in [2.24, 2.45) is 5.22 Å². The highest BCUT2D eigenvalue weighted by molar-refractivity contribution is 5.35. The Kier molecular flexibility index (Phi) is 7.47. The van der Waals surface area contributed by atoms with Crippen molar-refractivity contribution in [2.45, 2.75) is 40.0 Å². The van der Waals surface area contributed by atoms with Gasteiger partial charge in [-0.25, -0.2) is 0 Å². The van der Waals surface area contributed by atoms with Crippen LogP contribution in [0.3, 0.4) is 0 Å². The van der Waals surface area contributed by atoms with E-state index in [4.69, 9.17) is 4.74 Å². The van der Waals surface area contributed by atoms with E-state index in [1.54, 1.807) is 24.3 Å². The minimum Gasteiger partial charge on any atom is -0.691 e. The molecule has 0 spiro atoms. The van der Waals surface area contributed by atoms with E-state index in [0.717, 1.165) is 38.1 Å². The van der Waals surface area contributed by atoms with Crippen LogP contribution in [0.2, 0.25) is 0 Å².